The quantitative estimate of drug-likeness (QED) is 0.0763. The van der Waals surface area contributed by atoms with E-state index in [2.05, 4.69) is 96.2 Å². The Labute approximate surface area is 597 Å². The van der Waals surface area contributed by atoms with Crippen molar-refractivity contribution in [3.63, 3.8) is 0 Å². The molecule has 3 saturated heterocycles. The van der Waals surface area contributed by atoms with E-state index in [9.17, 15) is 10.2 Å². The molecule has 3 aliphatic heterocycles. The predicted octanol–water partition coefficient (Wildman–Crippen LogP) is 12.1. The number of fused-ring (bicyclic) bond motifs is 2. The third kappa shape index (κ3) is 13.7. The van der Waals surface area contributed by atoms with Gasteiger partial charge in [-0.25, -0.2) is 29.9 Å². The number of likely N-dealkylation sites (tertiary alicyclic amines) is 1. The first kappa shape index (κ1) is 66.2. The van der Waals surface area contributed by atoms with Crippen LogP contribution in [0, 0.1) is 23.7 Å². The molecule has 0 radical (unpaired) electrons. The van der Waals surface area contributed by atoms with Gasteiger partial charge in [0.15, 0.2) is 17.5 Å². The van der Waals surface area contributed by atoms with Crippen LogP contribution in [-0.4, -0.2) is 162 Å². The van der Waals surface area contributed by atoms with Gasteiger partial charge in [-0.3, -0.25) is 33.0 Å². The number of nitrogens with zero attached hydrogens (tertiary/aromatic N) is 19. The van der Waals surface area contributed by atoms with Crippen LogP contribution >= 0.6 is 0 Å². The summed E-state index contributed by atoms with van der Waals surface area (Å²) in [6.07, 6.45) is 36.2. The van der Waals surface area contributed by atoms with Crippen molar-refractivity contribution in [2.75, 3.05) is 46.1 Å². The maximum atomic E-state index is 13.6. The first-order valence-corrected chi connectivity index (χ1v) is 36.3. The van der Waals surface area contributed by atoms with Gasteiger partial charge in [-0.1, -0.05) is 61.5 Å². The molecule has 3 aromatic carbocycles. The zero-order chi connectivity index (χ0) is 69.7. The van der Waals surface area contributed by atoms with Crippen LogP contribution in [0.25, 0.3) is 101 Å². The summed E-state index contributed by atoms with van der Waals surface area (Å²) < 4.78 is 31.2. The third-order valence-electron chi connectivity index (χ3n) is 22.2. The van der Waals surface area contributed by atoms with Crippen LogP contribution in [0.4, 0.5) is 0 Å². The Kier molecular flexibility index (Phi) is 18.4. The molecule has 12 heterocycles. The topological polar surface area (TPSA) is 256 Å². The number of piperidine rings is 1. The standard InChI is InChI=1S/C79H85N19O5/c1-49-46-101-23-20-70(49)95-21-18-68(19-22-95)97-44-66(38-88-97)72-73(71(45-99)103-69-16-14-67(15-17-69)96-42-64(36-87-96)59-29-80-77(81-30-59)53-11-5-8-50(24-53)61-33-84-92(2)39-61)90-79(55-13-7-10-52(26-55)63-35-86-94(4)41-63)91-74(72)76(100)56-27-57-47-102-48-58(28-56)75(57)98-43-65(37-89-98)60-31-82-78(83-32-60)54-12-6-9-51(25-54)62-34-85-93(3)40-62/h5-13,24-26,29-44,49,56-58,67-71,75-76,99-100H,14-23,27-28,45-48H2,1-4H3. The fourth-order valence-corrected chi connectivity index (χ4v) is 16.8. The summed E-state index contributed by atoms with van der Waals surface area (Å²) in [6.45, 7) is 6.51. The average Bonchev–Trinajstić information content (AvgIpc) is 1.62. The van der Waals surface area contributed by atoms with Crippen LogP contribution in [0.2, 0.25) is 0 Å². The van der Waals surface area contributed by atoms with E-state index in [-0.39, 0.29) is 48.6 Å². The first-order chi connectivity index (χ1) is 50.4. The largest absolute Gasteiger partial charge is 0.393 e. The molecule has 5 fully saturated rings. The smallest absolute Gasteiger partial charge is 0.159 e. The molecule has 24 heteroatoms. The minimum absolute atomic E-state index is 0.0187. The minimum Gasteiger partial charge on any atom is -0.393 e. The molecule has 12 aromatic rings. The highest BCUT2D eigenvalue weighted by Gasteiger charge is 2.46. The van der Waals surface area contributed by atoms with Gasteiger partial charge in [0.05, 0.1) is 105 Å². The number of hydrogen-bond donors (Lipinski definition) is 2. The lowest BCUT2D eigenvalue weighted by molar-refractivity contribution is -0.0887. The summed E-state index contributed by atoms with van der Waals surface area (Å²) in [5.74, 6) is 1.99. The number of rotatable bonds is 19. The summed E-state index contributed by atoms with van der Waals surface area (Å²) in [6, 6.07) is 25.4. The molecular formula is C79H85N19O5. The van der Waals surface area contributed by atoms with Crippen LogP contribution < -0.4 is 0 Å². The Hall–Kier alpha value is -10.1. The van der Waals surface area contributed by atoms with E-state index in [1.54, 1.807) is 14.0 Å². The molecular weight excluding hydrogens is 1290 g/mol. The van der Waals surface area contributed by atoms with Crippen LogP contribution in [0.15, 0.2) is 172 Å². The summed E-state index contributed by atoms with van der Waals surface area (Å²) >= 11 is 0. The fourth-order valence-electron chi connectivity index (χ4n) is 16.8. The van der Waals surface area contributed by atoms with Crippen molar-refractivity contribution in [3.8, 4) is 101 Å². The van der Waals surface area contributed by atoms with Gasteiger partial charge in [0, 0.05) is 187 Å². The SMILES string of the molecule is CC1COCCC1N1CCC(n2cc(-c3c(C(CO)OC4CCC(n5cc(-c6cnc(-c7cccc(-c8cnn(C)c8)c7)nc6)cn5)CC4)nc(-c4cccc(-c5cnn(C)c5)c4)nc3C(O)C3CC4COCC(C3)C4n3cc(-c4cnc(-c5cccc(-c6cnn(C)c6)c5)nc4)cn3)cn2)CC1. The van der Waals surface area contributed by atoms with E-state index < -0.39 is 12.2 Å². The normalized spacial score (nSPS) is 22.5. The van der Waals surface area contributed by atoms with Gasteiger partial charge in [-0.05, 0) is 105 Å². The second-order valence-corrected chi connectivity index (χ2v) is 29.0. The van der Waals surface area contributed by atoms with E-state index in [4.69, 9.17) is 59.4 Å². The van der Waals surface area contributed by atoms with Gasteiger partial charge in [0.2, 0.25) is 0 Å². The minimum atomic E-state index is -1.06. The lowest BCUT2D eigenvalue weighted by Crippen LogP contribution is -2.48. The van der Waals surface area contributed by atoms with Crippen LogP contribution in [0.5, 0.6) is 0 Å². The highest BCUT2D eigenvalue weighted by molar-refractivity contribution is 5.75. The molecule has 0 amide bonds. The van der Waals surface area contributed by atoms with E-state index in [0.717, 1.165) is 149 Å². The third-order valence-corrected chi connectivity index (χ3v) is 22.2. The van der Waals surface area contributed by atoms with Crippen molar-refractivity contribution in [2.24, 2.45) is 44.8 Å². The zero-order valence-electron chi connectivity index (χ0n) is 58.4. The van der Waals surface area contributed by atoms with Crippen molar-refractivity contribution in [1.29, 1.82) is 0 Å². The lowest BCUT2D eigenvalue weighted by Gasteiger charge is -2.46. The van der Waals surface area contributed by atoms with Gasteiger partial charge in [0.1, 0.15) is 6.10 Å². The highest BCUT2D eigenvalue weighted by atomic mass is 16.5. The van der Waals surface area contributed by atoms with Crippen molar-refractivity contribution >= 4 is 0 Å². The molecule has 2 aliphatic carbocycles. The Morgan fingerprint density at radius 3 is 1.44 bits per heavy atom. The van der Waals surface area contributed by atoms with Crippen LogP contribution in [0.3, 0.4) is 0 Å². The van der Waals surface area contributed by atoms with Crippen molar-refractivity contribution < 1.29 is 24.4 Å². The van der Waals surface area contributed by atoms with E-state index in [1.165, 1.54) is 0 Å². The molecule has 9 aromatic heterocycles. The average molecular weight is 1380 g/mol. The summed E-state index contributed by atoms with van der Waals surface area (Å²) in [7, 11) is 5.74. The molecule has 2 N–H and O–H groups in total. The number of aliphatic hydroxyl groups is 2. The number of aryl methyl sites for hydroxylation is 3. The second kappa shape index (κ2) is 28.6. The molecule has 24 nitrogen and oxygen atoms in total. The number of hydrogen-bond acceptors (Lipinski definition) is 18. The monoisotopic (exact) mass is 1380 g/mol. The molecule has 2 bridgehead atoms. The van der Waals surface area contributed by atoms with Gasteiger partial charge < -0.3 is 24.4 Å². The van der Waals surface area contributed by atoms with Gasteiger partial charge >= 0.3 is 0 Å². The maximum Gasteiger partial charge on any atom is 0.159 e. The Balaban J connectivity index is 0.662. The molecule has 6 unspecified atom stereocenters. The number of aliphatic hydroxyl groups excluding tert-OH is 2. The molecule has 6 atom stereocenters. The van der Waals surface area contributed by atoms with Gasteiger partial charge in [-0.2, -0.15) is 30.6 Å². The summed E-state index contributed by atoms with van der Waals surface area (Å²) in [4.78, 5) is 33.0. The summed E-state index contributed by atoms with van der Waals surface area (Å²) in [5, 5.41) is 53.9. The Bertz CT molecular complexity index is 4910. The highest BCUT2D eigenvalue weighted by Crippen LogP contribution is 2.51. The molecule has 526 valence electrons. The fraction of sp³-hybridized carbons (Fsp3) is 0.392. The number of benzene rings is 3. The van der Waals surface area contributed by atoms with Crippen LogP contribution in [-0.2, 0) is 35.4 Å². The lowest BCUT2D eigenvalue weighted by atomic mass is 9.68. The van der Waals surface area contributed by atoms with Crippen LogP contribution in [0.1, 0.15) is 106 Å². The van der Waals surface area contributed by atoms with E-state index in [0.29, 0.717) is 72.4 Å². The number of ether oxygens (including phenoxy) is 3. The van der Waals surface area contributed by atoms with Crippen molar-refractivity contribution in [2.45, 2.75) is 107 Å². The Morgan fingerprint density at radius 2 is 0.922 bits per heavy atom. The first-order valence-electron chi connectivity index (χ1n) is 36.3. The van der Waals surface area contributed by atoms with Gasteiger partial charge in [-0.15, -0.1) is 0 Å². The maximum absolute atomic E-state index is 13.6. The summed E-state index contributed by atoms with van der Waals surface area (Å²) in [5.41, 5.74) is 14.7. The molecule has 103 heavy (non-hydrogen) atoms. The molecule has 0 spiro atoms. The van der Waals surface area contributed by atoms with Crippen molar-refractivity contribution in [1.82, 2.24) is 93.5 Å². The number of aromatic nitrogens is 18. The van der Waals surface area contributed by atoms with Gasteiger partial charge in [0.25, 0.3) is 0 Å². The molecule has 2 saturated carbocycles. The predicted molar refractivity (Wildman–Crippen MR) is 388 cm³/mol. The zero-order valence-corrected chi connectivity index (χ0v) is 58.4. The van der Waals surface area contributed by atoms with E-state index >= 15 is 0 Å². The Morgan fingerprint density at radius 1 is 0.466 bits per heavy atom. The molecule has 5 aliphatic rings. The second-order valence-electron chi connectivity index (χ2n) is 29.0. The van der Waals surface area contributed by atoms with E-state index in [1.807, 2.05) is 138 Å². The van der Waals surface area contributed by atoms with Crippen molar-refractivity contribution in [3.05, 3.63) is 183 Å². The molecule has 17 rings (SSSR count).